The molecule has 9 nitrogen and oxygen atoms in total. The van der Waals surface area contributed by atoms with E-state index in [1.165, 1.54) is 31.4 Å². The zero-order valence-electron chi connectivity index (χ0n) is 19.6. The fraction of sp³-hybridized carbons (Fsp3) is 0.200. The Morgan fingerprint density at radius 3 is 2.70 bits per heavy atom. The Labute approximate surface area is 236 Å². The highest BCUT2D eigenvalue weighted by atomic mass is 127. The van der Waals surface area contributed by atoms with Gasteiger partial charge in [-0.05, 0) is 83.2 Å². The normalized spacial score (nSPS) is 13.9. The van der Waals surface area contributed by atoms with Crippen LogP contribution in [0.4, 0.5) is 10.5 Å². The van der Waals surface area contributed by atoms with Crippen LogP contribution in [0.2, 0.25) is 5.02 Å². The van der Waals surface area contributed by atoms with Crippen LogP contribution in [0.15, 0.2) is 35.2 Å². The van der Waals surface area contributed by atoms with Gasteiger partial charge in [0.1, 0.15) is 13.2 Å². The second-order valence-corrected chi connectivity index (χ2v) is 9.82. The molecule has 1 heterocycles. The summed E-state index contributed by atoms with van der Waals surface area (Å²) in [6, 6.07) is 7.68. The Morgan fingerprint density at radius 2 is 2.03 bits per heavy atom. The second kappa shape index (κ2) is 12.8. The van der Waals surface area contributed by atoms with Crippen molar-refractivity contribution in [3.05, 3.63) is 55.0 Å². The highest BCUT2D eigenvalue weighted by molar-refractivity contribution is 14.1. The van der Waals surface area contributed by atoms with Gasteiger partial charge < -0.3 is 19.5 Å². The molecule has 1 N–H and O–H groups in total. The third kappa shape index (κ3) is 6.97. The topological polar surface area (TPSA) is 111 Å². The number of rotatable bonds is 9. The van der Waals surface area contributed by atoms with Crippen LogP contribution in [0.25, 0.3) is 6.08 Å². The number of thioether (sulfide) groups is 1. The maximum atomic E-state index is 12.9. The molecule has 0 aliphatic carbocycles. The molecule has 12 heteroatoms. The fourth-order valence-electron chi connectivity index (χ4n) is 3.18. The third-order valence-electron chi connectivity index (χ3n) is 4.77. The number of methoxy groups -OCH3 is 1. The van der Waals surface area contributed by atoms with Crippen LogP contribution in [0, 0.1) is 15.9 Å². The minimum absolute atomic E-state index is 0.0623. The first-order valence-electron chi connectivity index (χ1n) is 10.6. The molecular formula is C25H20ClIN2O7S. The summed E-state index contributed by atoms with van der Waals surface area (Å²) in [7, 11) is 1.47. The van der Waals surface area contributed by atoms with Crippen LogP contribution >= 0.6 is 46.0 Å². The van der Waals surface area contributed by atoms with Crippen LogP contribution in [-0.4, -0.2) is 54.8 Å². The minimum atomic E-state index is -0.637. The van der Waals surface area contributed by atoms with E-state index in [0.29, 0.717) is 32.4 Å². The highest BCUT2D eigenvalue weighted by Gasteiger charge is 2.36. The quantitative estimate of drug-likeness (QED) is 0.178. The van der Waals surface area contributed by atoms with Gasteiger partial charge in [-0.3, -0.25) is 19.3 Å². The van der Waals surface area contributed by atoms with E-state index >= 15 is 0 Å². The minimum Gasteiger partial charge on any atom is -0.493 e. The molecule has 0 radical (unpaired) electrons. The summed E-state index contributed by atoms with van der Waals surface area (Å²) in [6.45, 7) is 1.37. The van der Waals surface area contributed by atoms with Crippen molar-refractivity contribution in [1.29, 1.82) is 0 Å². The van der Waals surface area contributed by atoms with E-state index in [1.54, 1.807) is 19.1 Å². The van der Waals surface area contributed by atoms with Crippen LogP contribution in [0.5, 0.6) is 11.5 Å². The Bertz CT molecular complexity index is 1340. The van der Waals surface area contributed by atoms with Gasteiger partial charge in [0, 0.05) is 5.69 Å². The zero-order valence-corrected chi connectivity index (χ0v) is 23.4. The lowest BCUT2D eigenvalue weighted by atomic mass is 10.2. The molecule has 3 rings (SSSR count). The maximum Gasteiger partial charge on any atom is 0.339 e. The molecule has 2 aromatic rings. The largest absolute Gasteiger partial charge is 0.493 e. The van der Waals surface area contributed by atoms with E-state index < -0.39 is 29.6 Å². The molecule has 1 fully saturated rings. The molecule has 0 spiro atoms. The second-order valence-electron chi connectivity index (χ2n) is 7.26. The number of halogens is 2. The van der Waals surface area contributed by atoms with Crippen molar-refractivity contribution in [2.75, 3.05) is 32.2 Å². The lowest BCUT2D eigenvalue weighted by Gasteiger charge is -2.13. The Kier molecular flexibility index (Phi) is 9.85. The number of nitrogens with one attached hydrogen (secondary N) is 1. The molecule has 3 amide bonds. The monoisotopic (exact) mass is 654 g/mol. The number of terminal acetylenes is 1. The summed E-state index contributed by atoms with van der Waals surface area (Å²) in [5, 5.41) is 2.13. The van der Waals surface area contributed by atoms with E-state index in [1.807, 2.05) is 0 Å². The number of imide groups is 1. The fourth-order valence-corrected chi connectivity index (χ4v) is 4.99. The van der Waals surface area contributed by atoms with Gasteiger partial charge in [-0.1, -0.05) is 17.5 Å². The van der Waals surface area contributed by atoms with E-state index in [9.17, 15) is 19.2 Å². The van der Waals surface area contributed by atoms with Crippen LogP contribution in [0.3, 0.4) is 0 Å². The number of nitrogens with zero attached hydrogens (tertiary/aromatic N) is 1. The number of amides is 3. The Hall–Kier alpha value is -3.21. The molecule has 37 heavy (non-hydrogen) atoms. The number of esters is 1. The van der Waals surface area contributed by atoms with Gasteiger partial charge in [-0.15, -0.1) is 6.42 Å². The van der Waals surface area contributed by atoms with Crippen LogP contribution in [0.1, 0.15) is 22.8 Å². The van der Waals surface area contributed by atoms with Crippen LogP contribution < -0.4 is 14.8 Å². The molecule has 1 aliphatic rings. The number of benzene rings is 2. The molecule has 1 aliphatic heterocycles. The average molecular weight is 655 g/mol. The SMILES string of the molecule is C#CCOc1c(I)cc(/C=C2/SC(=O)N(CC(=O)Nc3ccc(Cl)c(C(=O)OCC)c3)C2=O)cc1OC. The van der Waals surface area contributed by atoms with Gasteiger partial charge in [0.2, 0.25) is 5.91 Å². The van der Waals surface area contributed by atoms with Gasteiger partial charge in [-0.25, -0.2) is 4.79 Å². The highest BCUT2D eigenvalue weighted by Crippen LogP contribution is 2.37. The van der Waals surface area contributed by atoms with Gasteiger partial charge in [-0.2, -0.15) is 0 Å². The molecule has 2 aromatic carbocycles. The molecule has 0 aromatic heterocycles. The summed E-state index contributed by atoms with van der Waals surface area (Å²) < 4.78 is 16.5. The number of ether oxygens (including phenoxy) is 3. The van der Waals surface area contributed by atoms with Crippen molar-refractivity contribution in [2.24, 2.45) is 0 Å². The first-order valence-corrected chi connectivity index (χ1v) is 12.9. The van der Waals surface area contributed by atoms with Crippen molar-refractivity contribution < 1.29 is 33.4 Å². The standard InChI is InChI=1S/C25H20ClIN2O7S/c1-4-8-36-22-18(27)9-14(10-19(22)34-3)11-20-23(31)29(25(33)37-20)13-21(30)28-15-6-7-17(26)16(12-15)24(32)35-5-2/h1,6-7,9-12H,5,8,13H2,2-3H3,(H,28,30)/b20-11+. The molecule has 0 atom stereocenters. The molecule has 0 unspecified atom stereocenters. The average Bonchev–Trinajstić information content (AvgIpc) is 3.11. The Morgan fingerprint density at radius 1 is 1.27 bits per heavy atom. The lowest BCUT2D eigenvalue weighted by molar-refractivity contribution is -0.127. The first kappa shape index (κ1) is 28.4. The van der Waals surface area contributed by atoms with Gasteiger partial charge in [0.15, 0.2) is 11.5 Å². The van der Waals surface area contributed by atoms with E-state index in [-0.39, 0.29) is 34.4 Å². The summed E-state index contributed by atoms with van der Waals surface area (Å²) in [5.41, 5.74) is 0.932. The van der Waals surface area contributed by atoms with Crippen molar-refractivity contribution in [1.82, 2.24) is 4.90 Å². The lowest BCUT2D eigenvalue weighted by Crippen LogP contribution is -2.36. The van der Waals surface area contributed by atoms with Gasteiger partial charge in [0.05, 0.1) is 32.8 Å². The van der Waals surface area contributed by atoms with Crippen molar-refractivity contribution in [3.63, 3.8) is 0 Å². The number of hydrogen-bond acceptors (Lipinski definition) is 8. The molecular weight excluding hydrogens is 635 g/mol. The first-order chi connectivity index (χ1) is 17.7. The van der Waals surface area contributed by atoms with E-state index in [0.717, 1.165) is 4.90 Å². The van der Waals surface area contributed by atoms with Crippen molar-refractivity contribution in [3.8, 4) is 23.8 Å². The van der Waals surface area contributed by atoms with Crippen molar-refractivity contribution >= 4 is 80.7 Å². The number of anilines is 1. The summed E-state index contributed by atoms with van der Waals surface area (Å²) in [4.78, 5) is 51.0. The number of hydrogen-bond donors (Lipinski definition) is 1. The van der Waals surface area contributed by atoms with Crippen molar-refractivity contribution in [2.45, 2.75) is 6.92 Å². The number of carbonyl (C=O) groups excluding carboxylic acids is 4. The van der Waals surface area contributed by atoms with Gasteiger partial charge >= 0.3 is 5.97 Å². The summed E-state index contributed by atoms with van der Waals surface area (Å²) in [6.07, 6.45) is 6.79. The van der Waals surface area contributed by atoms with E-state index in [2.05, 4.69) is 33.8 Å². The maximum absolute atomic E-state index is 12.9. The zero-order chi connectivity index (χ0) is 27.1. The van der Waals surface area contributed by atoms with Crippen LogP contribution in [-0.2, 0) is 14.3 Å². The summed E-state index contributed by atoms with van der Waals surface area (Å²) in [5.74, 6) is 1.38. The number of carbonyl (C=O) groups is 4. The summed E-state index contributed by atoms with van der Waals surface area (Å²) >= 11 is 8.80. The third-order valence-corrected chi connectivity index (χ3v) is 6.81. The smallest absolute Gasteiger partial charge is 0.339 e. The van der Waals surface area contributed by atoms with Gasteiger partial charge in [0.25, 0.3) is 11.1 Å². The Balaban J connectivity index is 1.74. The molecule has 1 saturated heterocycles. The molecule has 192 valence electrons. The predicted molar refractivity (Wildman–Crippen MR) is 149 cm³/mol. The molecule has 0 bridgehead atoms. The van der Waals surface area contributed by atoms with E-state index in [4.69, 9.17) is 32.2 Å². The predicted octanol–water partition coefficient (Wildman–Crippen LogP) is 4.82. The molecule has 0 saturated carbocycles.